The number of nitrogens with one attached hydrogen (secondary N) is 1. The zero-order valence-corrected chi connectivity index (χ0v) is 12.5. The molecule has 1 fully saturated rings. The van der Waals surface area contributed by atoms with Crippen LogP contribution in [-0.4, -0.2) is 55.1 Å². The molecule has 1 aliphatic heterocycles. The van der Waals surface area contributed by atoms with Crippen LogP contribution in [0.2, 0.25) is 0 Å². The lowest BCUT2D eigenvalue weighted by Crippen LogP contribution is -2.42. The minimum absolute atomic E-state index is 0.0588. The number of nitrogens with zero attached hydrogens (tertiary/aromatic N) is 2. The quantitative estimate of drug-likeness (QED) is 0.783. The molecular weight excluding hydrogens is 314 g/mol. The molecule has 2 heterocycles. The Morgan fingerprint density at radius 1 is 1.74 bits per heavy atom. The first-order valence-electron chi connectivity index (χ1n) is 6.27. The summed E-state index contributed by atoms with van der Waals surface area (Å²) < 4.78 is 12.8. The highest BCUT2D eigenvalue weighted by atomic mass is 79.9. The average Bonchev–Trinajstić information content (AvgIpc) is 2.78. The third kappa shape index (κ3) is 3.85. The summed E-state index contributed by atoms with van der Waals surface area (Å²) in [6.45, 7) is 3.18. The minimum Gasteiger partial charge on any atom is -0.383 e. The van der Waals surface area contributed by atoms with E-state index in [0.29, 0.717) is 38.5 Å². The van der Waals surface area contributed by atoms with Gasteiger partial charge in [0.1, 0.15) is 5.69 Å². The highest BCUT2D eigenvalue weighted by Gasteiger charge is 2.22. The van der Waals surface area contributed by atoms with Crippen LogP contribution in [0, 0.1) is 0 Å². The Hall–Kier alpha value is -0.760. The van der Waals surface area contributed by atoms with E-state index in [-0.39, 0.29) is 11.8 Å². The number of ether oxygens (including phenoxy) is 2. The number of carbonyl (C=O) groups is 1. The Bertz CT molecular complexity index is 430. The van der Waals surface area contributed by atoms with E-state index >= 15 is 0 Å². The van der Waals surface area contributed by atoms with Gasteiger partial charge in [0.05, 0.1) is 37.0 Å². The van der Waals surface area contributed by atoms with Crippen LogP contribution in [0.1, 0.15) is 16.9 Å². The Balaban J connectivity index is 2.02. The standard InChI is InChI=1S/C12H18BrN3O3/c1-18-5-3-16-12(10(13)7-15-16)11(17)6-9-8-19-4-2-14-9/h7,9,14H,2-6,8H2,1H3. The fraction of sp³-hybridized carbons (Fsp3) is 0.667. The maximum absolute atomic E-state index is 12.4. The lowest BCUT2D eigenvalue weighted by molar-refractivity contribution is 0.0670. The zero-order valence-electron chi connectivity index (χ0n) is 10.9. The van der Waals surface area contributed by atoms with E-state index < -0.39 is 0 Å². The SMILES string of the molecule is COCCn1ncc(Br)c1C(=O)CC1COCCN1. The number of Topliss-reactive ketones (excluding diaryl/α,β-unsaturated/α-hetero) is 1. The van der Waals surface area contributed by atoms with Crippen LogP contribution in [0.25, 0.3) is 0 Å². The van der Waals surface area contributed by atoms with Gasteiger partial charge in [0.25, 0.3) is 0 Å². The summed E-state index contributed by atoms with van der Waals surface area (Å²) >= 11 is 3.38. The van der Waals surface area contributed by atoms with Gasteiger partial charge in [-0.05, 0) is 15.9 Å². The topological polar surface area (TPSA) is 65.4 Å². The van der Waals surface area contributed by atoms with Crippen LogP contribution in [0.5, 0.6) is 0 Å². The molecule has 0 aromatic carbocycles. The maximum Gasteiger partial charge on any atom is 0.183 e. The second-order valence-electron chi connectivity index (χ2n) is 4.41. The number of morpholine rings is 1. The number of halogens is 1. The minimum atomic E-state index is 0.0588. The maximum atomic E-state index is 12.4. The molecule has 0 saturated carbocycles. The number of hydrogen-bond donors (Lipinski definition) is 1. The molecule has 0 amide bonds. The van der Waals surface area contributed by atoms with Crippen LogP contribution in [0.15, 0.2) is 10.7 Å². The predicted molar refractivity (Wildman–Crippen MR) is 73.4 cm³/mol. The van der Waals surface area contributed by atoms with Crippen molar-refractivity contribution in [2.24, 2.45) is 0 Å². The van der Waals surface area contributed by atoms with Crippen molar-refractivity contribution < 1.29 is 14.3 Å². The molecule has 19 heavy (non-hydrogen) atoms. The van der Waals surface area contributed by atoms with E-state index in [0.717, 1.165) is 11.0 Å². The van der Waals surface area contributed by atoms with Crippen LogP contribution in [0.4, 0.5) is 0 Å². The Labute approximate surface area is 120 Å². The van der Waals surface area contributed by atoms with Crippen LogP contribution in [-0.2, 0) is 16.0 Å². The van der Waals surface area contributed by atoms with Gasteiger partial charge in [-0.15, -0.1) is 0 Å². The molecule has 1 aromatic heterocycles. The fourth-order valence-electron chi connectivity index (χ4n) is 2.06. The highest BCUT2D eigenvalue weighted by Crippen LogP contribution is 2.19. The molecule has 0 bridgehead atoms. The van der Waals surface area contributed by atoms with Crippen molar-refractivity contribution in [1.82, 2.24) is 15.1 Å². The lowest BCUT2D eigenvalue weighted by atomic mass is 10.1. The molecule has 1 N–H and O–H groups in total. The van der Waals surface area contributed by atoms with Gasteiger partial charge in [-0.2, -0.15) is 5.10 Å². The third-order valence-electron chi connectivity index (χ3n) is 3.00. The number of hydrogen-bond acceptors (Lipinski definition) is 5. The first-order chi connectivity index (χ1) is 9.22. The smallest absolute Gasteiger partial charge is 0.183 e. The van der Waals surface area contributed by atoms with E-state index in [1.165, 1.54) is 0 Å². The van der Waals surface area contributed by atoms with E-state index in [1.54, 1.807) is 18.0 Å². The molecule has 1 saturated heterocycles. The van der Waals surface area contributed by atoms with Crippen molar-refractivity contribution in [3.8, 4) is 0 Å². The van der Waals surface area contributed by atoms with Gasteiger partial charge in [0.15, 0.2) is 5.78 Å². The summed E-state index contributed by atoms with van der Waals surface area (Å²) in [6, 6.07) is 0.0823. The molecule has 7 heteroatoms. The molecular formula is C12H18BrN3O3. The summed E-state index contributed by atoms with van der Waals surface area (Å²) in [5.41, 5.74) is 0.601. The van der Waals surface area contributed by atoms with E-state index in [9.17, 15) is 4.79 Å². The summed E-state index contributed by atoms with van der Waals surface area (Å²) in [6.07, 6.45) is 2.06. The molecule has 1 aliphatic rings. The number of carbonyl (C=O) groups excluding carboxylic acids is 1. The number of rotatable bonds is 6. The van der Waals surface area contributed by atoms with Gasteiger partial charge in [-0.3, -0.25) is 9.48 Å². The monoisotopic (exact) mass is 331 g/mol. The van der Waals surface area contributed by atoms with Crippen molar-refractivity contribution >= 4 is 21.7 Å². The molecule has 1 unspecified atom stereocenters. The van der Waals surface area contributed by atoms with Gasteiger partial charge in [-0.25, -0.2) is 0 Å². The van der Waals surface area contributed by atoms with Crippen LogP contribution in [0.3, 0.4) is 0 Å². The second-order valence-corrected chi connectivity index (χ2v) is 5.26. The number of ketones is 1. The lowest BCUT2D eigenvalue weighted by Gasteiger charge is -2.23. The number of methoxy groups -OCH3 is 1. The Morgan fingerprint density at radius 3 is 3.26 bits per heavy atom. The largest absolute Gasteiger partial charge is 0.383 e. The molecule has 106 valence electrons. The summed E-state index contributed by atoms with van der Waals surface area (Å²) in [7, 11) is 1.63. The van der Waals surface area contributed by atoms with Gasteiger partial charge in [0, 0.05) is 26.1 Å². The van der Waals surface area contributed by atoms with Gasteiger partial charge in [-0.1, -0.05) is 0 Å². The van der Waals surface area contributed by atoms with Gasteiger partial charge in [0.2, 0.25) is 0 Å². The first-order valence-corrected chi connectivity index (χ1v) is 7.06. The molecule has 6 nitrogen and oxygen atoms in total. The predicted octanol–water partition coefficient (Wildman–Crippen LogP) is 0.853. The number of aromatic nitrogens is 2. The van der Waals surface area contributed by atoms with Crippen molar-refractivity contribution in [2.45, 2.75) is 19.0 Å². The third-order valence-corrected chi connectivity index (χ3v) is 3.58. The first kappa shape index (κ1) is 14.6. The molecule has 0 spiro atoms. The van der Waals surface area contributed by atoms with E-state index in [1.807, 2.05) is 0 Å². The van der Waals surface area contributed by atoms with Gasteiger partial charge >= 0.3 is 0 Å². The Kier molecular flexibility index (Phi) is 5.50. The molecule has 2 rings (SSSR count). The van der Waals surface area contributed by atoms with E-state index in [4.69, 9.17) is 9.47 Å². The van der Waals surface area contributed by atoms with Gasteiger partial charge < -0.3 is 14.8 Å². The zero-order chi connectivity index (χ0) is 13.7. The van der Waals surface area contributed by atoms with Crippen LogP contribution >= 0.6 is 15.9 Å². The van der Waals surface area contributed by atoms with Crippen LogP contribution < -0.4 is 5.32 Å². The molecule has 0 radical (unpaired) electrons. The molecule has 0 aliphatic carbocycles. The highest BCUT2D eigenvalue weighted by molar-refractivity contribution is 9.10. The summed E-state index contributed by atoms with van der Waals surface area (Å²) in [5, 5.41) is 7.46. The van der Waals surface area contributed by atoms with Crippen molar-refractivity contribution in [2.75, 3.05) is 33.5 Å². The molecule has 1 atom stereocenters. The molecule has 1 aromatic rings. The summed E-state index contributed by atoms with van der Waals surface area (Å²) in [5.74, 6) is 0.0588. The fourth-order valence-corrected chi connectivity index (χ4v) is 2.58. The summed E-state index contributed by atoms with van der Waals surface area (Å²) in [4.78, 5) is 12.4. The van der Waals surface area contributed by atoms with Crippen molar-refractivity contribution in [3.63, 3.8) is 0 Å². The van der Waals surface area contributed by atoms with E-state index in [2.05, 4.69) is 26.3 Å². The van der Waals surface area contributed by atoms with Crippen molar-refractivity contribution in [1.29, 1.82) is 0 Å². The second kappa shape index (κ2) is 7.14. The van der Waals surface area contributed by atoms with Crippen molar-refractivity contribution in [3.05, 3.63) is 16.4 Å². The Morgan fingerprint density at radius 2 is 2.58 bits per heavy atom. The average molecular weight is 332 g/mol. The normalized spacial score (nSPS) is 19.6.